The number of carboxylic acids is 1. The van der Waals surface area contributed by atoms with Crippen LogP contribution in [0.3, 0.4) is 0 Å². The minimum atomic E-state index is -1.06. The zero-order valence-corrected chi connectivity index (χ0v) is 13.3. The van der Waals surface area contributed by atoms with E-state index in [0.29, 0.717) is 23.7 Å². The van der Waals surface area contributed by atoms with E-state index in [4.69, 9.17) is 5.11 Å². The van der Waals surface area contributed by atoms with Gasteiger partial charge < -0.3 is 15.3 Å². The molecule has 0 aliphatic carbocycles. The lowest BCUT2D eigenvalue weighted by Gasteiger charge is -2.21. The maximum absolute atomic E-state index is 12.1. The first-order valence-electron chi connectivity index (χ1n) is 6.34. The molecule has 1 rings (SSSR count). The molecule has 0 saturated heterocycles. The molecule has 7 heteroatoms. The number of hydrogen-bond donors (Lipinski definition) is 2. The van der Waals surface area contributed by atoms with Crippen LogP contribution in [-0.2, 0) is 4.79 Å². The lowest BCUT2D eigenvalue weighted by Crippen LogP contribution is -2.39. The normalized spacial score (nSPS) is 11.4. The number of hydrogen-bond acceptors (Lipinski definition) is 5. The summed E-state index contributed by atoms with van der Waals surface area (Å²) in [5.74, 6) is -1.19. The van der Waals surface area contributed by atoms with Crippen LogP contribution in [0.15, 0.2) is 0 Å². The molecule has 6 nitrogen and oxygen atoms in total. The molecule has 0 bridgehead atoms. The molecule has 2 N–H and O–H groups in total. The molecule has 0 fully saturated rings. The van der Waals surface area contributed by atoms with Gasteiger partial charge in [0.25, 0.3) is 0 Å². The third kappa shape index (κ3) is 4.28. The third-order valence-electron chi connectivity index (χ3n) is 2.73. The third-order valence-corrected chi connectivity index (χ3v) is 3.75. The van der Waals surface area contributed by atoms with Crippen LogP contribution in [0.1, 0.15) is 43.2 Å². The molecular weight excluding hydrogens is 278 g/mol. The number of anilines is 1. The smallest absolute Gasteiger partial charge is 0.340 e. The number of aromatic carboxylic acids is 1. The van der Waals surface area contributed by atoms with Gasteiger partial charge in [0.15, 0.2) is 0 Å². The number of carbonyl (C=O) groups excluding carboxylic acids is 1. The number of nitrogens with zero attached hydrogens (tertiary/aromatic N) is 2. The van der Waals surface area contributed by atoms with Gasteiger partial charge in [0, 0.05) is 25.6 Å². The van der Waals surface area contributed by atoms with E-state index >= 15 is 0 Å². The van der Waals surface area contributed by atoms with E-state index in [2.05, 4.69) is 9.69 Å². The fourth-order valence-corrected chi connectivity index (χ4v) is 2.52. The molecule has 1 amide bonds. The van der Waals surface area contributed by atoms with Crippen molar-refractivity contribution in [2.24, 2.45) is 0 Å². The Labute approximate surface area is 123 Å². The van der Waals surface area contributed by atoms with Crippen LogP contribution in [0.2, 0.25) is 0 Å². The first-order chi connectivity index (χ1) is 9.13. The van der Waals surface area contributed by atoms with Gasteiger partial charge in [0.2, 0.25) is 5.91 Å². The van der Waals surface area contributed by atoms with E-state index in [9.17, 15) is 9.59 Å². The number of nitrogens with one attached hydrogen (secondary N) is 1. The van der Waals surface area contributed by atoms with Crippen molar-refractivity contribution >= 4 is 28.4 Å². The van der Waals surface area contributed by atoms with Crippen molar-refractivity contribution in [3.05, 3.63) is 11.3 Å². The molecule has 0 unspecified atom stereocenters. The number of aromatic nitrogens is 1. The summed E-state index contributed by atoms with van der Waals surface area (Å²) in [6, 6.07) is 0. The SMILES string of the molecule is Cc1nsc(N(C)C(=O)CCNC(C)(C)C)c1C(=O)O. The second kappa shape index (κ2) is 6.32. The summed E-state index contributed by atoms with van der Waals surface area (Å²) in [6.45, 7) is 8.25. The van der Waals surface area contributed by atoms with E-state index in [1.165, 1.54) is 4.90 Å². The van der Waals surface area contributed by atoms with E-state index in [1.54, 1.807) is 14.0 Å². The number of carbonyl (C=O) groups is 2. The maximum atomic E-state index is 12.1. The largest absolute Gasteiger partial charge is 0.478 e. The Kier molecular flexibility index (Phi) is 5.24. The lowest BCUT2D eigenvalue weighted by molar-refractivity contribution is -0.118. The van der Waals surface area contributed by atoms with E-state index < -0.39 is 5.97 Å². The number of amides is 1. The highest BCUT2D eigenvalue weighted by atomic mass is 32.1. The molecule has 112 valence electrons. The van der Waals surface area contributed by atoms with Crippen LogP contribution in [0, 0.1) is 6.92 Å². The summed E-state index contributed by atoms with van der Waals surface area (Å²) in [5.41, 5.74) is 0.492. The van der Waals surface area contributed by atoms with Crippen LogP contribution < -0.4 is 10.2 Å². The molecule has 1 heterocycles. The summed E-state index contributed by atoms with van der Waals surface area (Å²) in [6.07, 6.45) is 0.309. The zero-order valence-electron chi connectivity index (χ0n) is 12.5. The fourth-order valence-electron chi connectivity index (χ4n) is 1.66. The first-order valence-corrected chi connectivity index (χ1v) is 7.12. The predicted octanol–water partition coefficient (Wildman–Crippen LogP) is 1.89. The Morgan fingerprint density at radius 3 is 2.50 bits per heavy atom. The molecule has 0 saturated carbocycles. The number of rotatable bonds is 5. The van der Waals surface area contributed by atoms with E-state index in [1.807, 2.05) is 20.8 Å². The molecule has 0 aliphatic rings. The van der Waals surface area contributed by atoms with Crippen LogP contribution in [0.4, 0.5) is 5.00 Å². The van der Waals surface area contributed by atoms with Gasteiger partial charge in [-0.05, 0) is 39.2 Å². The maximum Gasteiger partial charge on any atom is 0.340 e. The highest BCUT2D eigenvalue weighted by Gasteiger charge is 2.23. The van der Waals surface area contributed by atoms with Crippen molar-refractivity contribution in [2.75, 3.05) is 18.5 Å². The monoisotopic (exact) mass is 299 g/mol. The standard InChI is InChI=1S/C13H21N3O3S/c1-8-10(12(18)19)11(20-15-8)16(5)9(17)6-7-14-13(2,3)4/h14H,6-7H2,1-5H3,(H,18,19). The van der Waals surface area contributed by atoms with E-state index in [-0.39, 0.29) is 17.0 Å². The highest BCUT2D eigenvalue weighted by molar-refractivity contribution is 7.11. The summed E-state index contributed by atoms with van der Waals surface area (Å²) in [4.78, 5) is 24.7. The van der Waals surface area contributed by atoms with Gasteiger partial charge in [-0.1, -0.05) is 0 Å². The molecule has 0 spiro atoms. The Morgan fingerprint density at radius 2 is 2.00 bits per heavy atom. The van der Waals surface area contributed by atoms with Gasteiger partial charge in [-0.25, -0.2) is 4.79 Å². The molecule has 0 atom stereocenters. The van der Waals surface area contributed by atoms with Crippen molar-refractivity contribution in [1.29, 1.82) is 0 Å². The minimum absolute atomic E-state index is 0.0495. The highest BCUT2D eigenvalue weighted by Crippen LogP contribution is 2.28. The van der Waals surface area contributed by atoms with Crippen LogP contribution in [0.5, 0.6) is 0 Å². The summed E-state index contributed by atoms with van der Waals surface area (Å²) < 4.78 is 4.01. The van der Waals surface area contributed by atoms with Gasteiger partial charge in [-0.15, -0.1) is 0 Å². The average molecular weight is 299 g/mol. The van der Waals surface area contributed by atoms with Gasteiger partial charge >= 0.3 is 5.97 Å². The predicted molar refractivity (Wildman–Crippen MR) is 79.6 cm³/mol. The van der Waals surface area contributed by atoms with Gasteiger partial charge in [-0.3, -0.25) is 4.79 Å². The second-order valence-electron chi connectivity index (χ2n) is 5.63. The van der Waals surface area contributed by atoms with Gasteiger partial charge in [-0.2, -0.15) is 4.37 Å². The van der Waals surface area contributed by atoms with Crippen molar-refractivity contribution in [3.63, 3.8) is 0 Å². The summed E-state index contributed by atoms with van der Waals surface area (Å²) >= 11 is 1.03. The lowest BCUT2D eigenvalue weighted by atomic mass is 10.1. The molecule has 0 aromatic carbocycles. The van der Waals surface area contributed by atoms with Crippen LogP contribution in [0.25, 0.3) is 0 Å². The summed E-state index contributed by atoms with van der Waals surface area (Å²) in [7, 11) is 1.58. The topological polar surface area (TPSA) is 82.5 Å². The van der Waals surface area contributed by atoms with Crippen LogP contribution in [-0.4, -0.2) is 40.5 Å². The molecule has 0 aliphatic heterocycles. The Balaban J connectivity index is 2.73. The Morgan fingerprint density at radius 1 is 1.40 bits per heavy atom. The van der Waals surface area contributed by atoms with Crippen molar-refractivity contribution in [1.82, 2.24) is 9.69 Å². The Hall–Kier alpha value is -1.47. The molecule has 1 aromatic rings. The molecule has 20 heavy (non-hydrogen) atoms. The van der Waals surface area contributed by atoms with E-state index in [0.717, 1.165) is 11.5 Å². The fraction of sp³-hybridized carbons (Fsp3) is 0.615. The van der Waals surface area contributed by atoms with Gasteiger partial charge in [0.05, 0.1) is 5.69 Å². The average Bonchev–Trinajstić information content (AvgIpc) is 2.68. The first kappa shape index (κ1) is 16.6. The van der Waals surface area contributed by atoms with Crippen LogP contribution >= 0.6 is 11.5 Å². The van der Waals surface area contributed by atoms with Gasteiger partial charge in [0.1, 0.15) is 10.6 Å². The molecular formula is C13H21N3O3S. The van der Waals surface area contributed by atoms with Crippen molar-refractivity contribution < 1.29 is 14.7 Å². The quantitative estimate of drug-likeness (QED) is 0.867. The summed E-state index contributed by atoms with van der Waals surface area (Å²) in [5, 5.41) is 12.8. The molecule has 0 radical (unpaired) electrons. The molecule has 1 aromatic heterocycles. The van der Waals surface area contributed by atoms with Crippen molar-refractivity contribution in [2.45, 2.75) is 39.7 Å². The Bertz CT molecular complexity index is 505. The number of aryl methyl sites for hydroxylation is 1. The number of carboxylic acid groups (broad SMARTS) is 1. The second-order valence-corrected chi connectivity index (χ2v) is 6.38. The zero-order chi connectivity index (χ0) is 15.5. The van der Waals surface area contributed by atoms with Crippen molar-refractivity contribution in [3.8, 4) is 0 Å². The minimum Gasteiger partial charge on any atom is -0.478 e.